The van der Waals surface area contributed by atoms with E-state index < -0.39 is 0 Å². The van der Waals surface area contributed by atoms with Crippen LogP contribution in [0.5, 0.6) is 0 Å². The molecule has 0 bridgehead atoms. The second kappa shape index (κ2) is 4.46. The molecule has 0 aliphatic heterocycles. The molecule has 1 N–H and O–H groups in total. The molecule has 0 spiro atoms. The fraction of sp³-hybridized carbons (Fsp3) is 0.400. The van der Waals surface area contributed by atoms with E-state index in [-0.39, 0.29) is 11.8 Å². The maximum absolute atomic E-state index is 11.3. The Kier molecular flexibility index (Phi) is 3.27. The molecule has 0 saturated carbocycles. The molecule has 0 aromatic heterocycles. The van der Waals surface area contributed by atoms with Crippen molar-refractivity contribution < 1.29 is 4.79 Å². The summed E-state index contributed by atoms with van der Waals surface area (Å²) < 4.78 is 0. The highest BCUT2D eigenvalue weighted by Gasteiger charge is 2.15. The van der Waals surface area contributed by atoms with Gasteiger partial charge in [0.1, 0.15) is 0 Å². The minimum atomic E-state index is -0.261. The standard InChI is InChI=1S/C10H12N2O/c1-2-12-10(13)9-5-3-4-8(6-9)7-11/h3,5-6,9H,2,4H2,1H3,(H,12,13). The van der Waals surface area contributed by atoms with Crippen LogP contribution in [0.1, 0.15) is 13.3 Å². The van der Waals surface area contributed by atoms with E-state index >= 15 is 0 Å². The number of carbonyl (C=O) groups is 1. The van der Waals surface area contributed by atoms with Crippen LogP contribution in [0.4, 0.5) is 0 Å². The number of allylic oxidation sites excluding steroid dienone is 2. The van der Waals surface area contributed by atoms with Crippen molar-refractivity contribution in [2.75, 3.05) is 6.54 Å². The number of rotatable bonds is 2. The molecule has 0 saturated heterocycles. The summed E-state index contributed by atoms with van der Waals surface area (Å²) in [5.41, 5.74) is 0.666. The van der Waals surface area contributed by atoms with Gasteiger partial charge in [-0.25, -0.2) is 0 Å². The zero-order chi connectivity index (χ0) is 9.68. The van der Waals surface area contributed by atoms with Gasteiger partial charge in [0.25, 0.3) is 0 Å². The Labute approximate surface area is 77.7 Å². The minimum absolute atomic E-state index is 0.0359. The van der Waals surface area contributed by atoms with Gasteiger partial charge in [0.2, 0.25) is 5.91 Å². The average Bonchev–Trinajstić information content (AvgIpc) is 2.18. The van der Waals surface area contributed by atoms with E-state index in [9.17, 15) is 4.79 Å². The molecular formula is C10H12N2O. The molecule has 0 heterocycles. The van der Waals surface area contributed by atoms with Crippen molar-refractivity contribution >= 4 is 5.91 Å². The Bertz CT molecular complexity index is 297. The number of nitrogens with one attached hydrogen (secondary N) is 1. The lowest BCUT2D eigenvalue weighted by molar-refractivity contribution is -0.122. The van der Waals surface area contributed by atoms with Crippen LogP contribution < -0.4 is 5.32 Å². The second-order valence-corrected chi connectivity index (χ2v) is 2.86. The molecule has 68 valence electrons. The van der Waals surface area contributed by atoms with Crippen molar-refractivity contribution in [2.24, 2.45) is 5.92 Å². The molecule has 1 aliphatic carbocycles. The van der Waals surface area contributed by atoms with Gasteiger partial charge in [-0.1, -0.05) is 18.2 Å². The van der Waals surface area contributed by atoms with E-state index in [1.165, 1.54) is 0 Å². The van der Waals surface area contributed by atoms with Crippen LogP contribution in [0.25, 0.3) is 0 Å². The van der Waals surface area contributed by atoms with Crippen LogP contribution in [0.15, 0.2) is 23.8 Å². The Hall–Kier alpha value is -1.56. The van der Waals surface area contributed by atoms with Crippen molar-refractivity contribution in [1.29, 1.82) is 5.26 Å². The SMILES string of the molecule is CCNC(=O)C1C=CCC(C#N)=C1. The first-order valence-electron chi connectivity index (χ1n) is 4.33. The predicted molar refractivity (Wildman–Crippen MR) is 49.6 cm³/mol. The summed E-state index contributed by atoms with van der Waals surface area (Å²) in [5.74, 6) is -0.297. The number of amides is 1. The van der Waals surface area contributed by atoms with Gasteiger partial charge < -0.3 is 5.32 Å². The molecule has 1 atom stereocenters. The molecular weight excluding hydrogens is 164 g/mol. The largest absolute Gasteiger partial charge is 0.356 e. The fourth-order valence-corrected chi connectivity index (χ4v) is 1.22. The molecule has 1 rings (SSSR count). The number of hydrogen-bond donors (Lipinski definition) is 1. The maximum Gasteiger partial charge on any atom is 0.230 e. The highest BCUT2D eigenvalue weighted by molar-refractivity contribution is 5.82. The highest BCUT2D eigenvalue weighted by Crippen LogP contribution is 2.15. The van der Waals surface area contributed by atoms with Crippen LogP contribution in [0, 0.1) is 17.2 Å². The number of hydrogen-bond acceptors (Lipinski definition) is 2. The van der Waals surface area contributed by atoms with Crippen molar-refractivity contribution in [3.05, 3.63) is 23.8 Å². The van der Waals surface area contributed by atoms with Gasteiger partial charge in [-0.2, -0.15) is 5.26 Å². The zero-order valence-electron chi connectivity index (χ0n) is 7.58. The van der Waals surface area contributed by atoms with Crippen LogP contribution in [-0.4, -0.2) is 12.5 Å². The average molecular weight is 176 g/mol. The molecule has 0 radical (unpaired) electrons. The summed E-state index contributed by atoms with van der Waals surface area (Å²) in [6, 6.07) is 2.06. The quantitative estimate of drug-likeness (QED) is 0.641. The van der Waals surface area contributed by atoms with E-state index in [0.29, 0.717) is 18.5 Å². The summed E-state index contributed by atoms with van der Waals surface area (Å²) in [6.07, 6.45) is 6.04. The molecule has 0 aromatic carbocycles. The van der Waals surface area contributed by atoms with Gasteiger partial charge in [-0.15, -0.1) is 0 Å². The minimum Gasteiger partial charge on any atom is -0.356 e. The molecule has 3 heteroatoms. The lowest BCUT2D eigenvalue weighted by Gasteiger charge is -2.11. The summed E-state index contributed by atoms with van der Waals surface area (Å²) in [6.45, 7) is 2.50. The molecule has 1 unspecified atom stereocenters. The third kappa shape index (κ3) is 2.45. The third-order valence-electron chi connectivity index (χ3n) is 1.86. The monoisotopic (exact) mass is 176 g/mol. The predicted octanol–water partition coefficient (Wildman–Crippen LogP) is 1.15. The molecule has 3 nitrogen and oxygen atoms in total. The van der Waals surface area contributed by atoms with Gasteiger partial charge in [-0.3, -0.25) is 4.79 Å². The van der Waals surface area contributed by atoms with Gasteiger partial charge in [-0.05, 0) is 6.92 Å². The van der Waals surface area contributed by atoms with E-state index in [1.807, 2.05) is 19.1 Å². The third-order valence-corrected chi connectivity index (χ3v) is 1.86. The van der Waals surface area contributed by atoms with E-state index in [2.05, 4.69) is 11.4 Å². The van der Waals surface area contributed by atoms with Crippen molar-refractivity contribution in [3.8, 4) is 6.07 Å². The number of carbonyl (C=O) groups excluding carboxylic acids is 1. The van der Waals surface area contributed by atoms with Gasteiger partial charge in [0.05, 0.1) is 12.0 Å². The Morgan fingerprint density at radius 1 is 1.85 bits per heavy atom. The fourth-order valence-electron chi connectivity index (χ4n) is 1.22. The topological polar surface area (TPSA) is 52.9 Å². The summed E-state index contributed by atoms with van der Waals surface area (Å²) in [4.78, 5) is 11.3. The first kappa shape index (κ1) is 9.53. The molecule has 0 aromatic rings. The Morgan fingerprint density at radius 2 is 2.62 bits per heavy atom. The first-order chi connectivity index (χ1) is 6.27. The first-order valence-corrected chi connectivity index (χ1v) is 4.33. The number of nitrogens with zero attached hydrogens (tertiary/aromatic N) is 1. The van der Waals surface area contributed by atoms with E-state index in [0.717, 1.165) is 0 Å². The number of nitriles is 1. The van der Waals surface area contributed by atoms with E-state index in [4.69, 9.17) is 5.26 Å². The second-order valence-electron chi connectivity index (χ2n) is 2.86. The van der Waals surface area contributed by atoms with Gasteiger partial charge >= 0.3 is 0 Å². The van der Waals surface area contributed by atoms with Crippen LogP contribution >= 0.6 is 0 Å². The van der Waals surface area contributed by atoms with Crippen LogP contribution in [0.3, 0.4) is 0 Å². The van der Waals surface area contributed by atoms with Crippen molar-refractivity contribution in [2.45, 2.75) is 13.3 Å². The zero-order valence-corrected chi connectivity index (χ0v) is 7.58. The summed E-state index contributed by atoms with van der Waals surface area (Å²) >= 11 is 0. The van der Waals surface area contributed by atoms with Crippen molar-refractivity contribution in [1.82, 2.24) is 5.32 Å². The van der Waals surface area contributed by atoms with Crippen molar-refractivity contribution in [3.63, 3.8) is 0 Å². The van der Waals surface area contributed by atoms with Crippen LogP contribution in [0.2, 0.25) is 0 Å². The summed E-state index contributed by atoms with van der Waals surface area (Å²) in [5, 5.41) is 11.4. The van der Waals surface area contributed by atoms with Gasteiger partial charge in [0, 0.05) is 18.5 Å². The summed E-state index contributed by atoms with van der Waals surface area (Å²) in [7, 11) is 0. The normalized spacial score (nSPS) is 20.3. The lowest BCUT2D eigenvalue weighted by atomic mass is 9.97. The van der Waals surface area contributed by atoms with Crippen LogP contribution in [-0.2, 0) is 4.79 Å². The molecule has 13 heavy (non-hydrogen) atoms. The molecule has 0 fully saturated rings. The Morgan fingerprint density at radius 3 is 3.23 bits per heavy atom. The molecule has 1 aliphatic rings. The highest BCUT2D eigenvalue weighted by atomic mass is 16.1. The molecule has 1 amide bonds. The van der Waals surface area contributed by atoms with Gasteiger partial charge in [0.15, 0.2) is 0 Å². The Balaban J connectivity index is 2.66. The smallest absolute Gasteiger partial charge is 0.230 e. The van der Waals surface area contributed by atoms with E-state index in [1.54, 1.807) is 6.08 Å². The maximum atomic E-state index is 11.3. The lowest BCUT2D eigenvalue weighted by Crippen LogP contribution is -2.29.